The van der Waals surface area contributed by atoms with Crippen LogP contribution in [0.2, 0.25) is 0 Å². The standard InChI is InChI=1S/C19H19FN2O3/c1-25-15-7-4-6-14(12-15)19(24)22(13-21-11-5-10-18(21)23)17-9-3-2-8-16(17)20/h2-4,6-9,12H,5,10-11,13H2,1H3. The first-order chi connectivity index (χ1) is 12.1. The van der Waals surface area contributed by atoms with Gasteiger partial charge in [-0.2, -0.15) is 0 Å². The van der Waals surface area contributed by atoms with E-state index in [9.17, 15) is 14.0 Å². The summed E-state index contributed by atoms with van der Waals surface area (Å²) in [7, 11) is 1.52. The number of amides is 2. The fourth-order valence-electron chi connectivity index (χ4n) is 2.86. The lowest BCUT2D eigenvalue weighted by atomic mass is 10.1. The normalized spacial score (nSPS) is 13.8. The van der Waals surface area contributed by atoms with Gasteiger partial charge in [-0.05, 0) is 36.8 Å². The summed E-state index contributed by atoms with van der Waals surface area (Å²) in [6.45, 7) is 0.588. The van der Waals surface area contributed by atoms with Gasteiger partial charge in [0.05, 0.1) is 12.8 Å². The van der Waals surface area contributed by atoms with Crippen molar-refractivity contribution >= 4 is 17.5 Å². The molecule has 6 heteroatoms. The Hall–Kier alpha value is -2.89. The number of para-hydroxylation sites is 1. The van der Waals surface area contributed by atoms with Gasteiger partial charge >= 0.3 is 0 Å². The molecule has 25 heavy (non-hydrogen) atoms. The van der Waals surface area contributed by atoms with Crippen molar-refractivity contribution < 1.29 is 18.7 Å². The first kappa shape index (κ1) is 17.0. The van der Waals surface area contributed by atoms with Gasteiger partial charge in [0.1, 0.15) is 18.2 Å². The van der Waals surface area contributed by atoms with E-state index in [0.717, 1.165) is 6.42 Å². The van der Waals surface area contributed by atoms with Crippen molar-refractivity contribution in [3.8, 4) is 5.75 Å². The van der Waals surface area contributed by atoms with Crippen LogP contribution < -0.4 is 9.64 Å². The summed E-state index contributed by atoms with van der Waals surface area (Å²) in [4.78, 5) is 27.9. The molecule has 1 aliphatic heterocycles. The smallest absolute Gasteiger partial charge is 0.259 e. The minimum Gasteiger partial charge on any atom is -0.497 e. The maximum absolute atomic E-state index is 14.3. The molecular weight excluding hydrogens is 323 g/mol. The summed E-state index contributed by atoms with van der Waals surface area (Å²) in [5, 5.41) is 0. The third kappa shape index (κ3) is 3.63. The average molecular weight is 342 g/mol. The van der Waals surface area contributed by atoms with Crippen LogP contribution in [0.25, 0.3) is 0 Å². The lowest BCUT2D eigenvalue weighted by Crippen LogP contribution is -2.42. The molecule has 0 bridgehead atoms. The first-order valence-corrected chi connectivity index (χ1v) is 8.08. The van der Waals surface area contributed by atoms with Crippen molar-refractivity contribution in [2.24, 2.45) is 0 Å². The number of nitrogens with zero attached hydrogens (tertiary/aromatic N) is 2. The van der Waals surface area contributed by atoms with Crippen LogP contribution in [0.15, 0.2) is 48.5 Å². The lowest BCUT2D eigenvalue weighted by Gasteiger charge is -2.28. The number of benzene rings is 2. The number of hydrogen-bond donors (Lipinski definition) is 0. The summed E-state index contributed by atoms with van der Waals surface area (Å²) in [6.07, 6.45) is 1.20. The fraction of sp³-hybridized carbons (Fsp3) is 0.263. The average Bonchev–Trinajstić information content (AvgIpc) is 3.04. The van der Waals surface area contributed by atoms with Gasteiger partial charge in [-0.1, -0.05) is 18.2 Å². The number of halogens is 1. The van der Waals surface area contributed by atoms with Gasteiger partial charge in [0.25, 0.3) is 5.91 Å². The summed E-state index contributed by atoms with van der Waals surface area (Å²) >= 11 is 0. The highest BCUT2D eigenvalue weighted by atomic mass is 19.1. The molecule has 0 spiro atoms. The van der Waals surface area contributed by atoms with Gasteiger partial charge in [-0.3, -0.25) is 14.5 Å². The Morgan fingerprint density at radius 3 is 2.72 bits per heavy atom. The van der Waals surface area contributed by atoms with Crippen LogP contribution in [0.1, 0.15) is 23.2 Å². The topological polar surface area (TPSA) is 49.9 Å². The maximum atomic E-state index is 14.3. The van der Waals surface area contributed by atoms with E-state index in [2.05, 4.69) is 0 Å². The van der Waals surface area contributed by atoms with E-state index in [-0.39, 0.29) is 24.2 Å². The van der Waals surface area contributed by atoms with E-state index in [1.54, 1.807) is 41.3 Å². The number of ether oxygens (including phenoxy) is 1. The number of hydrogen-bond acceptors (Lipinski definition) is 3. The molecular formula is C19H19FN2O3. The highest BCUT2D eigenvalue weighted by molar-refractivity contribution is 6.06. The molecule has 1 heterocycles. The van der Waals surface area contributed by atoms with Crippen LogP contribution in [-0.4, -0.2) is 37.0 Å². The molecule has 0 atom stereocenters. The zero-order valence-corrected chi connectivity index (χ0v) is 13.9. The number of carbonyl (C=O) groups excluding carboxylic acids is 2. The Morgan fingerprint density at radius 2 is 2.04 bits per heavy atom. The van der Waals surface area contributed by atoms with Crippen molar-refractivity contribution in [3.05, 3.63) is 59.9 Å². The van der Waals surface area contributed by atoms with Crippen LogP contribution in [0.4, 0.5) is 10.1 Å². The van der Waals surface area contributed by atoms with Crippen LogP contribution in [-0.2, 0) is 4.79 Å². The van der Waals surface area contributed by atoms with Crippen molar-refractivity contribution in [1.82, 2.24) is 4.90 Å². The zero-order valence-electron chi connectivity index (χ0n) is 13.9. The fourth-order valence-corrected chi connectivity index (χ4v) is 2.86. The molecule has 3 rings (SSSR count). The minimum atomic E-state index is -0.509. The second-order valence-electron chi connectivity index (χ2n) is 5.82. The van der Waals surface area contributed by atoms with Gasteiger partial charge in [-0.15, -0.1) is 0 Å². The van der Waals surface area contributed by atoms with E-state index in [4.69, 9.17) is 4.74 Å². The van der Waals surface area contributed by atoms with Crippen LogP contribution in [0.5, 0.6) is 5.75 Å². The molecule has 0 aromatic heterocycles. The van der Waals surface area contributed by atoms with Crippen LogP contribution >= 0.6 is 0 Å². The third-order valence-corrected chi connectivity index (χ3v) is 4.19. The lowest BCUT2D eigenvalue weighted by molar-refractivity contribution is -0.127. The van der Waals surface area contributed by atoms with Crippen molar-refractivity contribution in [3.63, 3.8) is 0 Å². The third-order valence-electron chi connectivity index (χ3n) is 4.19. The van der Waals surface area contributed by atoms with Crippen LogP contribution in [0.3, 0.4) is 0 Å². The number of rotatable bonds is 5. The van der Waals surface area contributed by atoms with Gasteiger partial charge in [0.15, 0.2) is 0 Å². The maximum Gasteiger partial charge on any atom is 0.259 e. The highest BCUT2D eigenvalue weighted by Gasteiger charge is 2.27. The Kier molecular flexibility index (Phi) is 4.97. The Labute approximate surface area is 145 Å². The summed E-state index contributed by atoms with van der Waals surface area (Å²) in [5.74, 6) is -0.384. The summed E-state index contributed by atoms with van der Waals surface area (Å²) < 4.78 is 19.5. The van der Waals surface area contributed by atoms with E-state index < -0.39 is 5.82 Å². The van der Waals surface area contributed by atoms with Crippen molar-refractivity contribution in [1.29, 1.82) is 0 Å². The molecule has 0 N–H and O–H groups in total. The molecule has 0 saturated carbocycles. The summed E-state index contributed by atoms with van der Waals surface area (Å²) in [6, 6.07) is 12.7. The van der Waals surface area contributed by atoms with Crippen LogP contribution in [0, 0.1) is 5.82 Å². The molecule has 0 aliphatic carbocycles. The number of methoxy groups -OCH3 is 1. The quantitative estimate of drug-likeness (QED) is 0.839. The predicted octanol–water partition coefficient (Wildman–Crippen LogP) is 3.06. The molecule has 0 unspecified atom stereocenters. The summed E-state index contributed by atoms with van der Waals surface area (Å²) in [5.41, 5.74) is 0.518. The van der Waals surface area contributed by atoms with Gasteiger partial charge in [0, 0.05) is 18.5 Å². The minimum absolute atomic E-state index is 0.0236. The highest BCUT2D eigenvalue weighted by Crippen LogP contribution is 2.24. The molecule has 130 valence electrons. The van der Waals surface area contributed by atoms with Crippen molar-refractivity contribution in [2.45, 2.75) is 12.8 Å². The predicted molar refractivity (Wildman–Crippen MR) is 92.0 cm³/mol. The van der Waals surface area contributed by atoms with E-state index in [1.807, 2.05) is 0 Å². The molecule has 1 fully saturated rings. The van der Waals surface area contributed by atoms with E-state index in [0.29, 0.717) is 24.3 Å². The molecule has 5 nitrogen and oxygen atoms in total. The largest absolute Gasteiger partial charge is 0.497 e. The first-order valence-electron chi connectivity index (χ1n) is 8.08. The Balaban J connectivity index is 1.96. The Morgan fingerprint density at radius 1 is 1.24 bits per heavy atom. The monoisotopic (exact) mass is 342 g/mol. The molecule has 1 saturated heterocycles. The number of carbonyl (C=O) groups is 2. The second kappa shape index (κ2) is 7.34. The van der Waals surface area contributed by atoms with Gasteiger partial charge < -0.3 is 9.64 Å². The molecule has 1 aliphatic rings. The number of likely N-dealkylation sites (tertiary alicyclic amines) is 1. The van der Waals surface area contributed by atoms with E-state index >= 15 is 0 Å². The molecule has 2 amide bonds. The van der Waals surface area contributed by atoms with E-state index in [1.165, 1.54) is 24.1 Å². The van der Waals surface area contributed by atoms with Gasteiger partial charge in [0.2, 0.25) is 5.91 Å². The molecule has 2 aromatic carbocycles. The Bertz CT molecular complexity index is 794. The second-order valence-corrected chi connectivity index (χ2v) is 5.82. The molecule has 2 aromatic rings. The van der Waals surface area contributed by atoms with Crippen molar-refractivity contribution in [2.75, 3.05) is 25.2 Å². The SMILES string of the molecule is COc1cccc(C(=O)N(CN2CCCC2=O)c2ccccc2F)c1. The molecule has 0 radical (unpaired) electrons. The van der Waals surface area contributed by atoms with Gasteiger partial charge in [-0.25, -0.2) is 4.39 Å². The zero-order chi connectivity index (χ0) is 17.8. The number of anilines is 1.